The second-order valence-corrected chi connectivity index (χ2v) is 9.59. The van der Waals surface area contributed by atoms with Gasteiger partial charge in [-0.25, -0.2) is 23.9 Å². The van der Waals surface area contributed by atoms with Gasteiger partial charge in [0.15, 0.2) is 5.82 Å². The summed E-state index contributed by atoms with van der Waals surface area (Å²) in [6.45, 7) is 5.34. The van der Waals surface area contributed by atoms with Gasteiger partial charge in [-0.2, -0.15) is 5.10 Å². The number of hydrogen-bond acceptors (Lipinski definition) is 7. The topological polar surface area (TPSA) is 62.5 Å². The van der Waals surface area contributed by atoms with E-state index in [1.165, 1.54) is 21.9 Å². The first-order valence-electron chi connectivity index (χ1n) is 11.1. The zero-order valence-electron chi connectivity index (χ0n) is 18.6. The molecule has 170 valence electrons. The Morgan fingerprint density at radius 3 is 2.26 bits per heavy atom. The smallest absolute Gasteiger partial charge is 0.225 e. The van der Waals surface area contributed by atoms with Crippen LogP contribution in [0.2, 0.25) is 0 Å². The van der Waals surface area contributed by atoms with E-state index < -0.39 is 0 Å². The minimum atomic E-state index is -0.252. The Morgan fingerprint density at radius 2 is 1.56 bits per heavy atom. The Balaban J connectivity index is 1.18. The van der Waals surface area contributed by atoms with Crippen molar-refractivity contribution in [3.63, 3.8) is 0 Å². The zero-order chi connectivity index (χ0) is 23.1. The number of benzene rings is 1. The van der Waals surface area contributed by atoms with Crippen molar-refractivity contribution in [2.75, 3.05) is 36.0 Å². The van der Waals surface area contributed by atoms with Crippen LogP contribution in [0.3, 0.4) is 0 Å². The van der Waals surface area contributed by atoms with Gasteiger partial charge in [-0.05, 0) is 42.8 Å². The van der Waals surface area contributed by atoms with Crippen molar-refractivity contribution in [1.29, 1.82) is 0 Å². The first-order valence-corrected chi connectivity index (χ1v) is 11.9. The Labute approximate surface area is 200 Å². The molecule has 0 aliphatic carbocycles. The lowest BCUT2D eigenvalue weighted by molar-refractivity contribution is 0.628. The molecule has 0 atom stereocenters. The summed E-state index contributed by atoms with van der Waals surface area (Å²) in [5, 5.41) is 4.42. The van der Waals surface area contributed by atoms with E-state index in [9.17, 15) is 4.39 Å². The summed E-state index contributed by atoms with van der Waals surface area (Å²) in [6, 6.07) is 12.8. The highest BCUT2D eigenvalue weighted by Crippen LogP contribution is 2.31. The van der Waals surface area contributed by atoms with Gasteiger partial charge in [0.1, 0.15) is 17.7 Å². The Hall–Kier alpha value is -3.85. The number of piperazine rings is 1. The van der Waals surface area contributed by atoms with E-state index in [4.69, 9.17) is 0 Å². The molecular formula is C25H22FN7S. The molecule has 7 nitrogen and oxygen atoms in total. The van der Waals surface area contributed by atoms with Crippen molar-refractivity contribution in [2.24, 2.45) is 0 Å². The summed E-state index contributed by atoms with van der Waals surface area (Å²) in [4.78, 5) is 20.7. The highest BCUT2D eigenvalue weighted by molar-refractivity contribution is 7.15. The van der Waals surface area contributed by atoms with Crippen molar-refractivity contribution in [3.05, 3.63) is 78.1 Å². The highest BCUT2D eigenvalue weighted by Gasteiger charge is 2.22. The van der Waals surface area contributed by atoms with Gasteiger partial charge in [0.2, 0.25) is 5.95 Å². The molecule has 0 saturated carbocycles. The Morgan fingerprint density at radius 1 is 0.824 bits per heavy atom. The molecule has 0 radical (unpaired) electrons. The van der Waals surface area contributed by atoms with Crippen molar-refractivity contribution in [1.82, 2.24) is 24.6 Å². The van der Waals surface area contributed by atoms with E-state index in [0.717, 1.165) is 54.2 Å². The summed E-state index contributed by atoms with van der Waals surface area (Å²) in [5.41, 5.74) is 3.94. The van der Waals surface area contributed by atoms with Crippen LogP contribution in [-0.2, 0) is 0 Å². The van der Waals surface area contributed by atoms with E-state index in [-0.39, 0.29) is 5.82 Å². The van der Waals surface area contributed by atoms with Crippen LogP contribution >= 0.6 is 11.3 Å². The molecule has 6 rings (SSSR count). The van der Waals surface area contributed by atoms with Crippen LogP contribution in [0.1, 0.15) is 4.88 Å². The van der Waals surface area contributed by atoms with Crippen LogP contribution in [-0.4, -0.2) is 50.7 Å². The van der Waals surface area contributed by atoms with Crippen LogP contribution in [0, 0.1) is 12.7 Å². The Kier molecular flexibility index (Phi) is 5.18. The molecule has 5 aromatic rings. The third-order valence-electron chi connectivity index (χ3n) is 6.09. The van der Waals surface area contributed by atoms with Gasteiger partial charge < -0.3 is 9.80 Å². The number of fused-ring (bicyclic) bond motifs is 1. The third-order valence-corrected chi connectivity index (χ3v) is 7.14. The fraction of sp³-hybridized carbons (Fsp3) is 0.200. The van der Waals surface area contributed by atoms with Crippen LogP contribution < -0.4 is 9.80 Å². The molecule has 9 heteroatoms. The van der Waals surface area contributed by atoms with Crippen molar-refractivity contribution < 1.29 is 4.39 Å². The number of aromatic nitrogens is 5. The molecule has 34 heavy (non-hydrogen) atoms. The average Bonchev–Trinajstić information content (AvgIpc) is 3.51. The number of aryl methyl sites for hydroxylation is 1. The predicted molar refractivity (Wildman–Crippen MR) is 133 cm³/mol. The van der Waals surface area contributed by atoms with Gasteiger partial charge in [0.25, 0.3) is 0 Å². The quantitative estimate of drug-likeness (QED) is 0.379. The van der Waals surface area contributed by atoms with Crippen LogP contribution in [0.5, 0.6) is 0 Å². The van der Waals surface area contributed by atoms with E-state index in [0.29, 0.717) is 5.95 Å². The van der Waals surface area contributed by atoms with Crippen LogP contribution in [0.15, 0.2) is 67.4 Å². The lowest BCUT2D eigenvalue weighted by Gasteiger charge is -2.35. The van der Waals surface area contributed by atoms with E-state index in [1.54, 1.807) is 42.2 Å². The average molecular weight is 472 g/mol. The first kappa shape index (κ1) is 20.7. The summed E-state index contributed by atoms with van der Waals surface area (Å²) in [7, 11) is 0. The molecule has 0 amide bonds. The SMILES string of the molecule is Cc1ccc(-c2cc3c(N4CCN(c5ncc(-c6ccc(F)cc6)cn5)CC4)ncnn3c2)s1. The minimum absolute atomic E-state index is 0.252. The van der Waals surface area contributed by atoms with Crippen LogP contribution in [0.25, 0.3) is 27.1 Å². The van der Waals surface area contributed by atoms with Gasteiger partial charge in [-0.1, -0.05) is 12.1 Å². The Bertz CT molecular complexity index is 1430. The van der Waals surface area contributed by atoms with Gasteiger partial charge >= 0.3 is 0 Å². The molecule has 1 saturated heterocycles. The first-order chi connectivity index (χ1) is 16.6. The fourth-order valence-electron chi connectivity index (χ4n) is 4.28. The number of halogens is 1. The molecule has 4 aromatic heterocycles. The second-order valence-electron chi connectivity index (χ2n) is 8.31. The summed E-state index contributed by atoms with van der Waals surface area (Å²) in [6.07, 6.45) is 7.28. The molecule has 0 unspecified atom stereocenters. The molecule has 0 bridgehead atoms. The molecular weight excluding hydrogens is 449 g/mol. The largest absolute Gasteiger partial charge is 0.351 e. The van der Waals surface area contributed by atoms with Gasteiger partial charge in [-0.3, -0.25) is 0 Å². The molecule has 1 fully saturated rings. The van der Waals surface area contributed by atoms with E-state index in [1.807, 2.05) is 4.52 Å². The van der Waals surface area contributed by atoms with Crippen LogP contribution in [0.4, 0.5) is 16.2 Å². The molecule has 0 N–H and O–H groups in total. The van der Waals surface area contributed by atoms with E-state index >= 15 is 0 Å². The summed E-state index contributed by atoms with van der Waals surface area (Å²) >= 11 is 1.78. The molecule has 1 aromatic carbocycles. The van der Waals surface area contributed by atoms with Crippen molar-refractivity contribution >= 4 is 28.6 Å². The van der Waals surface area contributed by atoms with E-state index in [2.05, 4.69) is 61.2 Å². The number of nitrogens with zero attached hydrogens (tertiary/aromatic N) is 7. The lowest BCUT2D eigenvalue weighted by Crippen LogP contribution is -2.47. The zero-order valence-corrected chi connectivity index (χ0v) is 19.4. The summed E-state index contributed by atoms with van der Waals surface area (Å²) < 4.78 is 15.1. The number of hydrogen-bond donors (Lipinski definition) is 0. The van der Waals surface area contributed by atoms with Crippen molar-refractivity contribution in [3.8, 4) is 21.6 Å². The molecule has 5 heterocycles. The predicted octanol–water partition coefficient (Wildman–Crippen LogP) is 4.69. The maximum Gasteiger partial charge on any atom is 0.225 e. The monoisotopic (exact) mass is 471 g/mol. The maximum atomic E-state index is 13.2. The van der Waals surface area contributed by atoms with Gasteiger partial charge in [0, 0.05) is 65.7 Å². The normalized spacial score (nSPS) is 14.2. The van der Waals surface area contributed by atoms with Crippen molar-refractivity contribution in [2.45, 2.75) is 6.92 Å². The lowest BCUT2D eigenvalue weighted by atomic mass is 10.1. The number of rotatable bonds is 4. The van der Waals surface area contributed by atoms with Gasteiger partial charge in [-0.15, -0.1) is 11.3 Å². The van der Waals surface area contributed by atoms with Gasteiger partial charge in [0.05, 0.1) is 0 Å². The molecule has 0 spiro atoms. The standard InChI is InChI=1S/C25H22FN7S/c1-17-2-7-23(34-17)19-12-22-24(29-16-30-33(22)15-19)31-8-10-32(11-9-31)25-27-13-20(14-28-25)18-3-5-21(26)6-4-18/h2-7,12-16H,8-11H2,1H3. The second kappa shape index (κ2) is 8.49. The fourth-order valence-corrected chi connectivity index (χ4v) is 5.13. The molecule has 1 aliphatic heterocycles. The third kappa shape index (κ3) is 3.88. The number of thiophene rings is 1. The summed E-state index contributed by atoms with van der Waals surface area (Å²) in [5.74, 6) is 1.40. The molecule has 1 aliphatic rings. The minimum Gasteiger partial charge on any atom is -0.351 e. The highest BCUT2D eigenvalue weighted by atomic mass is 32.1. The number of anilines is 2. The maximum absolute atomic E-state index is 13.2.